The van der Waals surface area contributed by atoms with E-state index in [1.807, 2.05) is 42.3 Å². The van der Waals surface area contributed by atoms with Crippen molar-refractivity contribution in [2.24, 2.45) is 11.7 Å². The highest BCUT2D eigenvalue weighted by Crippen LogP contribution is 2.26. The van der Waals surface area contributed by atoms with Gasteiger partial charge in [0, 0.05) is 25.6 Å². The fraction of sp³-hybridized carbons (Fsp3) is 0.500. The van der Waals surface area contributed by atoms with Crippen LogP contribution in [0.2, 0.25) is 0 Å². The van der Waals surface area contributed by atoms with Crippen molar-refractivity contribution in [3.63, 3.8) is 0 Å². The zero-order valence-electron chi connectivity index (χ0n) is 10.3. The molecule has 2 rings (SSSR count). The Kier molecular flexibility index (Phi) is 3.79. The number of hydrogen-bond acceptors (Lipinski definition) is 2. The number of benzene rings is 1. The van der Waals surface area contributed by atoms with Crippen LogP contribution in [0.1, 0.15) is 24.8 Å². The summed E-state index contributed by atoms with van der Waals surface area (Å²) in [6.45, 7) is 0.686. The molecular weight excluding hydrogens is 212 g/mol. The monoisotopic (exact) mass is 232 g/mol. The molecule has 1 aliphatic carbocycles. The van der Waals surface area contributed by atoms with Gasteiger partial charge in [-0.05, 0) is 24.8 Å². The maximum Gasteiger partial charge on any atom is 0.225 e. The van der Waals surface area contributed by atoms with Gasteiger partial charge in [-0.25, -0.2) is 0 Å². The first-order valence-corrected chi connectivity index (χ1v) is 6.21. The minimum atomic E-state index is 0.138. The van der Waals surface area contributed by atoms with Gasteiger partial charge in [-0.3, -0.25) is 4.79 Å². The van der Waals surface area contributed by atoms with Crippen LogP contribution in [0.5, 0.6) is 0 Å². The molecule has 0 aliphatic heterocycles. The predicted molar refractivity (Wildman–Crippen MR) is 68.2 cm³/mol. The van der Waals surface area contributed by atoms with Gasteiger partial charge in [-0.1, -0.05) is 30.3 Å². The van der Waals surface area contributed by atoms with Crippen molar-refractivity contribution in [3.05, 3.63) is 35.9 Å². The summed E-state index contributed by atoms with van der Waals surface area (Å²) in [4.78, 5) is 14.0. The average molecular weight is 232 g/mol. The second kappa shape index (κ2) is 5.32. The molecule has 1 saturated carbocycles. The number of nitrogens with two attached hydrogens (primary N) is 1. The number of carbonyl (C=O) groups excluding carboxylic acids is 1. The lowest BCUT2D eigenvalue weighted by atomic mass is 10.1. The zero-order valence-corrected chi connectivity index (χ0v) is 10.3. The van der Waals surface area contributed by atoms with E-state index >= 15 is 0 Å². The highest BCUT2D eigenvalue weighted by atomic mass is 16.2. The van der Waals surface area contributed by atoms with Crippen molar-refractivity contribution in [3.8, 4) is 0 Å². The van der Waals surface area contributed by atoms with Crippen LogP contribution in [0.4, 0.5) is 0 Å². The Hall–Kier alpha value is -1.35. The molecule has 1 amide bonds. The van der Waals surface area contributed by atoms with E-state index in [9.17, 15) is 4.79 Å². The summed E-state index contributed by atoms with van der Waals surface area (Å²) < 4.78 is 0. The molecule has 2 N–H and O–H groups in total. The van der Waals surface area contributed by atoms with E-state index in [1.54, 1.807) is 0 Å². The molecule has 17 heavy (non-hydrogen) atoms. The van der Waals surface area contributed by atoms with E-state index in [2.05, 4.69) is 0 Å². The molecule has 0 heterocycles. The van der Waals surface area contributed by atoms with E-state index in [0.717, 1.165) is 19.3 Å². The topological polar surface area (TPSA) is 46.3 Å². The zero-order chi connectivity index (χ0) is 12.3. The van der Waals surface area contributed by atoms with Crippen molar-refractivity contribution in [1.82, 2.24) is 4.90 Å². The number of carbonyl (C=O) groups is 1. The van der Waals surface area contributed by atoms with Crippen molar-refractivity contribution in [2.75, 3.05) is 7.05 Å². The van der Waals surface area contributed by atoms with Crippen molar-refractivity contribution < 1.29 is 4.79 Å². The number of amides is 1. The molecule has 0 spiro atoms. The van der Waals surface area contributed by atoms with Gasteiger partial charge in [0.1, 0.15) is 0 Å². The molecule has 2 atom stereocenters. The lowest BCUT2D eigenvalue weighted by Gasteiger charge is -2.21. The smallest absolute Gasteiger partial charge is 0.225 e. The van der Waals surface area contributed by atoms with Gasteiger partial charge in [-0.2, -0.15) is 0 Å². The van der Waals surface area contributed by atoms with Gasteiger partial charge in [0.05, 0.1) is 0 Å². The fourth-order valence-corrected chi connectivity index (χ4v) is 2.49. The van der Waals surface area contributed by atoms with Crippen molar-refractivity contribution >= 4 is 5.91 Å². The Labute approximate surface area is 103 Å². The van der Waals surface area contributed by atoms with Crippen molar-refractivity contribution in [2.45, 2.75) is 31.8 Å². The van der Waals surface area contributed by atoms with Crippen molar-refractivity contribution in [1.29, 1.82) is 0 Å². The molecule has 0 unspecified atom stereocenters. The normalized spacial score (nSPS) is 23.6. The van der Waals surface area contributed by atoms with E-state index in [0.29, 0.717) is 6.54 Å². The second-order valence-corrected chi connectivity index (χ2v) is 4.95. The standard InChI is InChI=1S/C14H20N2O/c1-16(10-11-5-3-2-4-6-11)14(17)12-7-8-13(15)9-12/h2-6,12-13H,7-10,15H2,1H3/t12-,13+/m1/s1. The molecule has 92 valence electrons. The number of hydrogen-bond donors (Lipinski definition) is 1. The minimum Gasteiger partial charge on any atom is -0.341 e. The van der Waals surface area contributed by atoms with Crippen LogP contribution in [0.15, 0.2) is 30.3 Å². The summed E-state index contributed by atoms with van der Waals surface area (Å²) in [5.74, 6) is 0.375. The van der Waals surface area contributed by atoms with Gasteiger partial charge < -0.3 is 10.6 Å². The molecule has 0 radical (unpaired) electrons. The first-order chi connectivity index (χ1) is 8.16. The Morgan fingerprint density at radius 2 is 2.06 bits per heavy atom. The van der Waals surface area contributed by atoms with Gasteiger partial charge in [0.25, 0.3) is 0 Å². The maximum atomic E-state index is 12.2. The highest BCUT2D eigenvalue weighted by molar-refractivity contribution is 5.78. The first kappa shape index (κ1) is 12.1. The minimum absolute atomic E-state index is 0.138. The highest BCUT2D eigenvalue weighted by Gasteiger charge is 2.29. The molecule has 0 aromatic heterocycles. The van der Waals surface area contributed by atoms with Crippen LogP contribution in [-0.4, -0.2) is 23.9 Å². The Morgan fingerprint density at radius 1 is 1.35 bits per heavy atom. The molecule has 1 aromatic carbocycles. The summed E-state index contributed by atoms with van der Waals surface area (Å²) in [6, 6.07) is 10.3. The molecule has 1 aliphatic rings. The third kappa shape index (κ3) is 3.07. The average Bonchev–Trinajstić information content (AvgIpc) is 2.76. The summed E-state index contributed by atoms with van der Waals surface area (Å²) in [6.07, 6.45) is 2.77. The largest absolute Gasteiger partial charge is 0.341 e. The van der Waals surface area contributed by atoms with Crippen LogP contribution in [0.25, 0.3) is 0 Å². The lowest BCUT2D eigenvalue weighted by Crippen LogP contribution is -2.32. The summed E-state index contributed by atoms with van der Waals surface area (Å²) in [5.41, 5.74) is 7.02. The quantitative estimate of drug-likeness (QED) is 0.863. The van der Waals surface area contributed by atoms with E-state index < -0.39 is 0 Å². The summed E-state index contributed by atoms with van der Waals surface area (Å²) >= 11 is 0. The van der Waals surface area contributed by atoms with Gasteiger partial charge in [-0.15, -0.1) is 0 Å². The van der Waals surface area contributed by atoms with E-state index in [1.165, 1.54) is 5.56 Å². The molecule has 0 bridgehead atoms. The lowest BCUT2D eigenvalue weighted by molar-refractivity contribution is -0.134. The molecule has 1 aromatic rings. The summed E-state index contributed by atoms with van der Waals surface area (Å²) in [7, 11) is 1.87. The Morgan fingerprint density at radius 3 is 2.65 bits per heavy atom. The maximum absolute atomic E-state index is 12.2. The van der Waals surface area contributed by atoms with Crippen LogP contribution in [-0.2, 0) is 11.3 Å². The van der Waals surface area contributed by atoms with Gasteiger partial charge >= 0.3 is 0 Å². The van der Waals surface area contributed by atoms with Gasteiger partial charge in [0.2, 0.25) is 5.91 Å². The molecule has 0 saturated heterocycles. The van der Waals surface area contributed by atoms with E-state index in [4.69, 9.17) is 5.73 Å². The third-order valence-electron chi connectivity index (χ3n) is 3.46. The van der Waals surface area contributed by atoms with Crippen LogP contribution < -0.4 is 5.73 Å². The molecule has 3 heteroatoms. The predicted octanol–water partition coefficient (Wildman–Crippen LogP) is 1.77. The fourth-order valence-electron chi connectivity index (χ4n) is 2.49. The molecular formula is C14H20N2O. The van der Waals surface area contributed by atoms with Gasteiger partial charge in [0.15, 0.2) is 0 Å². The Bertz CT molecular complexity index is 377. The number of rotatable bonds is 3. The second-order valence-electron chi connectivity index (χ2n) is 4.95. The van der Waals surface area contributed by atoms with E-state index in [-0.39, 0.29) is 17.9 Å². The third-order valence-corrected chi connectivity index (χ3v) is 3.46. The number of nitrogens with zero attached hydrogens (tertiary/aromatic N) is 1. The molecule has 3 nitrogen and oxygen atoms in total. The van der Waals surface area contributed by atoms with Crippen LogP contribution in [0.3, 0.4) is 0 Å². The SMILES string of the molecule is CN(Cc1ccccc1)C(=O)[C@@H]1CC[C@H](N)C1. The molecule has 1 fully saturated rings. The first-order valence-electron chi connectivity index (χ1n) is 6.21. The summed E-state index contributed by atoms with van der Waals surface area (Å²) in [5, 5.41) is 0. The van der Waals surface area contributed by atoms with Crippen LogP contribution in [0, 0.1) is 5.92 Å². The Balaban J connectivity index is 1.92. The van der Waals surface area contributed by atoms with Crippen LogP contribution >= 0.6 is 0 Å².